The highest BCUT2D eigenvalue weighted by molar-refractivity contribution is 6.11. The minimum absolute atomic E-state index is 0.0682. The molecule has 0 radical (unpaired) electrons. The van der Waals surface area contributed by atoms with Gasteiger partial charge in [-0.2, -0.15) is 13.2 Å². The lowest BCUT2D eigenvalue weighted by Gasteiger charge is -2.26. The topological polar surface area (TPSA) is 79.2 Å². The number of carbonyl (C=O) groups excluding carboxylic acids is 1. The van der Waals surface area contributed by atoms with E-state index in [0.717, 1.165) is 18.2 Å². The molecule has 3 rings (SSSR count). The predicted octanol–water partition coefficient (Wildman–Crippen LogP) is 4.10. The Morgan fingerprint density at radius 3 is 2.52 bits per heavy atom. The summed E-state index contributed by atoms with van der Waals surface area (Å²) in [7, 11) is 4.62. The number of likely N-dealkylation sites (N-methyl/N-ethyl adjacent to an activating group) is 1. The number of hydrogen-bond acceptors (Lipinski definition) is 6. The number of aromatic hydroxyl groups is 1. The van der Waals surface area contributed by atoms with Crippen LogP contribution in [0.2, 0.25) is 0 Å². The highest BCUT2D eigenvalue weighted by atomic mass is 19.4. The van der Waals surface area contributed by atoms with Crippen molar-refractivity contribution in [3.63, 3.8) is 0 Å². The number of rotatable bonds is 7. The zero-order valence-corrected chi connectivity index (χ0v) is 18.5. The van der Waals surface area contributed by atoms with E-state index in [1.54, 1.807) is 0 Å². The smallest absolute Gasteiger partial charge is 0.416 e. The molecular formula is C24H26F3NO5. The van der Waals surface area contributed by atoms with E-state index >= 15 is 0 Å². The number of aliphatic hydroxyl groups is 1. The zero-order valence-electron chi connectivity index (χ0n) is 18.5. The van der Waals surface area contributed by atoms with E-state index in [9.17, 15) is 28.2 Å². The molecule has 1 saturated heterocycles. The molecule has 2 unspecified atom stereocenters. The van der Waals surface area contributed by atoms with Gasteiger partial charge in [0.05, 0.1) is 26.4 Å². The fourth-order valence-electron chi connectivity index (χ4n) is 4.25. The number of methoxy groups -OCH3 is 2. The van der Waals surface area contributed by atoms with Crippen molar-refractivity contribution in [2.45, 2.75) is 24.6 Å². The molecule has 0 aromatic heterocycles. The van der Waals surface area contributed by atoms with E-state index in [0.29, 0.717) is 24.3 Å². The number of nitrogens with zero attached hydrogens (tertiary/aromatic N) is 1. The number of halogens is 3. The molecule has 2 aromatic rings. The third-order valence-electron chi connectivity index (χ3n) is 5.97. The molecule has 6 nitrogen and oxygen atoms in total. The van der Waals surface area contributed by atoms with E-state index in [2.05, 4.69) is 0 Å². The minimum Gasteiger partial charge on any atom is -0.507 e. The van der Waals surface area contributed by atoms with E-state index < -0.39 is 17.5 Å². The van der Waals surface area contributed by atoms with Gasteiger partial charge in [-0.3, -0.25) is 4.79 Å². The van der Waals surface area contributed by atoms with E-state index in [1.165, 1.54) is 38.5 Å². The molecule has 0 amide bonds. The molecular weight excluding hydrogens is 439 g/mol. The number of ketones is 1. The van der Waals surface area contributed by atoms with Crippen molar-refractivity contribution in [2.75, 3.05) is 34.4 Å². The maximum absolute atomic E-state index is 13.0. The van der Waals surface area contributed by atoms with Crippen molar-refractivity contribution in [3.8, 4) is 17.2 Å². The summed E-state index contributed by atoms with van der Waals surface area (Å²) in [4.78, 5) is 15.0. The molecule has 9 heteroatoms. The highest BCUT2D eigenvalue weighted by Gasteiger charge is 2.38. The fraction of sp³-hybridized carbons (Fsp3) is 0.375. The largest absolute Gasteiger partial charge is 0.507 e. The van der Waals surface area contributed by atoms with Crippen molar-refractivity contribution in [3.05, 3.63) is 58.7 Å². The number of likely N-dealkylation sites (tertiary alicyclic amines) is 1. The molecule has 0 spiro atoms. The Kier molecular flexibility index (Phi) is 7.34. The second-order valence-electron chi connectivity index (χ2n) is 7.86. The van der Waals surface area contributed by atoms with Crippen LogP contribution in [0.1, 0.15) is 39.4 Å². The Morgan fingerprint density at radius 1 is 1.21 bits per heavy atom. The van der Waals surface area contributed by atoms with Crippen molar-refractivity contribution in [1.82, 2.24) is 4.90 Å². The van der Waals surface area contributed by atoms with Gasteiger partial charge >= 0.3 is 6.18 Å². The first-order valence-corrected chi connectivity index (χ1v) is 10.3. The molecule has 1 aliphatic heterocycles. The normalized spacial score (nSPS) is 19.2. The predicted molar refractivity (Wildman–Crippen MR) is 117 cm³/mol. The molecule has 178 valence electrons. The molecule has 0 bridgehead atoms. The molecule has 2 atom stereocenters. The minimum atomic E-state index is -4.50. The second-order valence-corrected chi connectivity index (χ2v) is 7.86. The summed E-state index contributed by atoms with van der Waals surface area (Å²) in [5, 5.41) is 21.0. The standard InChI is InChI=1S/C24H26F3NO5/c1-28-10-9-16(17(28)13-29)21-19(32-2)12-20(33-3)22(23(21)31)18(30)8-7-14-5-4-6-15(11-14)24(25,26)27/h4-8,11-12,16-17,29,31H,9-10,13H2,1-3H3/b8-7+. The summed E-state index contributed by atoms with van der Waals surface area (Å²) >= 11 is 0. The maximum atomic E-state index is 13.0. The fourth-order valence-corrected chi connectivity index (χ4v) is 4.25. The van der Waals surface area contributed by atoms with E-state index in [4.69, 9.17) is 9.47 Å². The first-order valence-electron chi connectivity index (χ1n) is 10.3. The Labute approximate surface area is 189 Å². The van der Waals surface area contributed by atoms with Crippen LogP contribution in [-0.4, -0.2) is 61.4 Å². The Hall–Kier alpha value is -3.04. The van der Waals surface area contributed by atoms with Gasteiger partial charge in [0.1, 0.15) is 22.8 Å². The SMILES string of the molecule is COc1cc(OC)c(C2CCN(C)C2CO)c(O)c1C(=O)/C=C/c1cccc(C(F)(F)F)c1. The number of phenolic OH excluding ortho intramolecular Hbond substituents is 1. The number of alkyl halides is 3. The number of aliphatic hydroxyl groups excluding tert-OH is 1. The number of hydrogen-bond donors (Lipinski definition) is 2. The molecule has 33 heavy (non-hydrogen) atoms. The number of allylic oxidation sites excluding steroid dienone is 1. The van der Waals surface area contributed by atoms with Crippen LogP contribution in [0.15, 0.2) is 36.4 Å². The van der Waals surface area contributed by atoms with Crippen LogP contribution in [0, 0.1) is 0 Å². The van der Waals surface area contributed by atoms with Crippen LogP contribution in [0.4, 0.5) is 13.2 Å². The average Bonchev–Trinajstić information content (AvgIpc) is 3.15. The molecule has 1 fully saturated rings. The Bertz CT molecular complexity index is 1050. The van der Waals surface area contributed by atoms with Gasteiger partial charge in [0.15, 0.2) is 5.78 Å². The van der Waals surface area contributed by atoms with Gasteiger partial charge in [-0.25, -0.2) is 0 Å². The van der Waals surface area contributed by atoms with Crippen LogP contribution in [0.5, 0.6) is 17.2 Å². The first-order chi connectivity index (χ1) is 15.6. The van der Waals surface area contributed by atoms with Crippen molar-refractivity contribution >= 4 is 11.9 Å². The van der Waals surface area contributed by atoms with Gasteiger partial charge in [-0.15, -0.1) is 0 Å². The van der Waals surface area contributed by atoms with Crippen molar-refractivity contribution < 1.29 is 37.7 Å². The van der Waals surface area contributed by atoms with Gasteiger partial charge in [-0.05, 0) is 43.8 Å². The van der Waals surface area contributed by atoms with Crippen molar-refractivity contribution in [1.29, 1.82) is 0 Å². The van der Waals surface area contributed by atoms with Gasteiger partial charge < -0.3 is 24.6 Å². The lowest BCUT2D eigenvalue weighted by atomic mass is 9.87. The van der Waals surface area contributed by atoms with E-state index in [1.807, 2.05) is 11.9 Å². The molecule has 1 aliphatic rings. The van der Waals surface area contributed by atoms with E-state index in [-0.39, 0.29) is 41.2 Å². The third-order valence-corrected chi connectivity index (χ3v) is 5.97. The molecule has 2 aromatic carbocycles. The summed E-state index contributed by atoms with van der Waals surface area (Å²) in [5.74, 6) is -0.874. The Balaban J connectivity index is 2.03. The molecule has 0 saturated carbocycles. The van der Waals surface area contributed by atoms with Gasteiger partial charge in [0, 0.05) is 23.6 Å². The van der Waals surface area contributed by atoms with Crippen LogP contribution >= 0.6 is 0 Å². The average molecular weight is 465 g/mol. The molecule has 1 heterocycles. The van der Waals surface area contributed by atoms with Gasteiger partial charge in [0.2, 0.25) is 0 Å². The second kappa shape index (κ2) is 9.84. The molecule has 0 aliphatic carbocycles. The maximum Gasteiger partial charge on any atom is 0.416 e. The van der Waals surface area contributed by atoms with Crippen molar-refractivity contribution in [2.24, 2.45) is 0 Å². The highest BCUT2D eigenvalue weighted by Crippen LogP contribution is 2.47. The van der Waals surface area contributed by atoms with Crippen LogP contribution < -0.4 is 9.47 Å². The summed E-state index contributed by atoms with van der Waals surface area (Å²) in [6, 6.07) is 5.78. The number of ether oxygens (including phenoxy) is 2. The quantitative estimate of drug-likeness (QED) is 0.474. The summed E-state index contributed by atoms with van der Waals surface area (Å²) < 4.78 is 49.6. The zero-order chi connectivity index (χ0) is 24.3. The number of benzene rings is 2. The van der Waals surface area contributed by atoms with Crippen LogP contribution in [-0.2, 0) is 6.18 Å². The summed E-state index contributed by atoms with van der Waals surface area (Å²) in [5.41, 5.74) is -0.381. The number of phenols is 1. The molecule has 2 N–H and O–H groups in total. The Morgan fingerprint density at radius 2 is 1.91 bits per heavy atom. The lowest BCUT2D eigenvalue weighted by Crippen LogP contribution is -2.32. The summed E-state index contributed by atoms with van der Waals surface area (Å²) in [6.07, 6.45) is -1.53. The number of carbonyl (C=O) groups is 1. The van der Waals surface area contributed by atoms with Gasteiger partial charge in [0.25, 0.3) is 0 Å². The lowest BCUT2D eigenvalue weighted by molar-refractivity contribution is -0.137. The first kappa shape index (κ1) is 24.6. The monoisotopic (exact) mass is 465 g/mol. The van der Waals surface area contributed by atoms with Crippen LogP contribution in [0.3, 0.4) is 0 Å². The van der Waals surface area contributed by atoms with Crippen LogP contribution in [0.25, 0.3) is 6.08 Å². The third kappa shape index (κ3) is 4.99. The summed E-state index contributed by atoms with van der Waals surface area (Å²) in [6.45, 7) is 0.539. The van der Waals surface area contributed by atoms with Gasteiger partial charge in [-0.1, -0.05) is 18.2 Å².